The average Bonchev–Trinajstić information content (AvgIpc) is 3.00. The topological polar surface area (TPSA) is 54.0 Å². The number of methoxy groups -OCH3 is 1. The maximum Gasteiger partial charge on any atom is 0.336 e. The van der Waals surface area contributed by atoms with Crippen molar-refractivity contribution >= 4 is 28.0 Å². The van der Waals surface area contributed by atoms with Gasteiger partial charge in [0.1, 0.15) is 11.5 Å². The molecule has 0 aliphatic carbocycles. The van der Waals surface area contributed by atoms with Gasteiger partial charge < -0.3 is 18.9 Å². The molecule has 118 valence electrons. The van der Waals surface area contributed by atoms with Crippen LogP contribution in [0, 0.1) is 0 Å². The van der Waals surface area contributed by atoms with Gasteiger partial charge in [0.2, 0.25) is 6.79 Å². The Balaban J connectivity index is 1.68. The summed E-state index contributed by atoms with van der Waals surface area (Å²) in [7, 11) is 1.58. The van der Waals surface area contributed by atoms with Crippen molar-refractivity contribution in [1.29, 1.82) is 0 Å². The minimum Gasteiger partial charge on any atom is -0.497 e. The molecule has 1 heterocycles. The summed E-state index contributed by atoms with van der Waals surface area (Å²) < 4.78 is 21.7. The van der Waals surface area contributed by atoms with Gasteiger partial charge in [0.25, 0.3) is 0 Å². The molecule has 5 nitrogen and oxygen atoms in total. The molecule has 0 aromatic heterocycles. The van der Waals surface area contributed by atoms with E-state index in [1.807, 2.05) is 0 Å². The van der Waals surface area contributed by atoms with Crippen molar-refractivity contribution in [2.45, 2.75) is 0 Å². The standard InChI is InChI=1S/C17H13BrO5/c1-20-12-3-5-13(6-4-12)23-17(19)7-2-11-8-15-16(9-14(11)18)22-10-21-15/h2-9H,10H2,1H3/b7-2+. The van der Waals surface area contributed by atoms with Crippen molar-refractivity contribution in [2.75, 3.05) is 13.9 Å². The third kappa shape index (κ3) is 3.65. The molecule has 0 saturated heterocycles. The maximum absolute atomic E-state index is 11.9. The number of ether oxygens (including phenoxy) is 4. The van der Waals surface area contributed by atoms with Gasteiger partial charge >= 0.3 is 5.97 Å². The summed E-state index contributed by atoms with van der Waals surface area (Å²) in [6.07, 6.45) is 3.00. The Kier molecular flexibility index (Phi) is 4.52. The number of benzene rings is 2. The Bertz CT molecular complexity index is 752. The monoisotopic (exact) mass is 376 g/mol. The van der Waals surface area contributed by atoms with Crippen LogP contribution in [0.3, 0.4) is 0 Å². The summed E-state index contributed by atoms with van der Waals surface area (Å²) in [6.45, 7) is 0.203. The lowest BCUT2D eigenvalue weighted by Crippen LogP contribution is -2.03. The molecule has 1 aliphatic rings. The SMILES string of the molecule is COc1ccc(OC(=O)/C=C/c2cc3c(cc2Br)OCO3)cc1. The summed E-state index contributed by atoms with van der Waals surface area (Å²) in [4.78, 5) is 11.9. The molecule has 1 aliphatic heterocycles. The summed E-state index contributed by atoms with van der Waals surface area (Å²) in [6, 6.07) is 10.4. The molecular weight excluding hydrogens is 364 g/mol. The molecular formula is C17H13BrO5. The van der Waals surface area contributed by atoms with Crippen LogP contribution in [0.4, 0.5) is 0 Å². The second-order valence-electron chi connectivity index (χ2n) is 4.66. The third-order valence-corrected chi connectivity index (χ3v) is 3.86. The van der Waals surface area contributed by atoms with Gasteiger partial charge in [-0.05, 0) is 48.0 Å². The van der Waals surface area contributed by atoms with Gasteiger partial charge in [-0.25, -0.2) is 4.79 Å². The predicted molar refractivity (Wildman–Crippen MR) is 87.9 cm³/mol. The van der Waals surface area contributed by atoms with E-state index >= 15 is 0 Å². The van der Waals surface area contributed by atoms with Crippen LogP contribution in [-0.2, 0) is 4.79 Å². The lowest BCUT2D eigenvalue weighted by Gasteiger charge is -2.04. The van der Waals surface area contributed by atoms with E-state index in [9.17, 15) is 4.79 Å². The van der Waals surface area contributed by atoms with Crippen LogP contribution >= 0.6 is 15.9 Å². The summed E-state index contributed by atoms with van der Waals surface area (Å²) in [5.41, 5.74) is 0.793. The van der Waals surface area contributed by atoms with Crippen LogP contribution in [-0.4, -0.2) is 19.9 Å². The lowest BCUT2D eigenvalue weighted by molar-refractivity contribution is -0.128. The first-order valence-electron chi connectivity index (χ1n) is 6.79. The predicted octanol–water partition coefficient (Wildman–Crippen LogP) is 3.81. The quantitative estimate of drug-likeness (QED) is 0.461. The molecule has 0 spiro atoms. The molecule has 0 amide bonds. The van der Waals surface area contributed by atoms with E-state index in [0.29, 0.717) is 23.0 Å². The molecule has 23 heavy (non-hydrogen) atoms. The largest absolute Gasteiger partial charge is 0.497 e. The average molecular weight is 377 g/mol. The maximum atomic E-state index is 11.9. The Morgan fingerprint density at radius 1 is 1.13 bits per heavy atom. The molecule has 2 aromatic carbocycles. The molecule has 0 radical (unpaired) electrons. The van der Waals surface area contributed by atoms with E-state index in [2.05, 4.69) is 15.9 Å². The van der Waals surface area contributed by atoms with E-state index < -0.39 is 5.97 Å². The zero-order valence-corrected chi connectivity index (χ0v) is 13.8. The number of rotatable bonds is 4. The van der Waals surface area contributed by atoms with E-state index in [4.69, 9.17) is 18.9 Å². The molecule has 0 N–H and O–H groups in total. The fourth-order valence-corrected chi connectivity index (χ4v) is 2.47. The summed E-state index contributed by atoms with van der Waals surface area (Å²) in [5, 5.41) is 0. The van der Waals surface area contributed by atoms with Crippen LogP contribution in [0.5, 0.6) is 23.0 Å². The second-order valence-corrected chi connectivity index (χ2v) is 5.51. The zero-order valence-electron chi connectivity index (χ0n) is 12.2. The van der Waals surface area contributed by atoms with Gasteiger partial charge in [0.15, 0.2) is 11.5 Å². The molecule has 6 heteroatoms. The van der Waals surface area contributed by atoms with Crippen LogP contribution < -0.4 is 18.9 Å². The number of halogens is 1. The molecule has 2 aromatic rings. The van der Waals surface area contributed by atoms with Crippen LogP contribution in [0.15, 0.2) is 46.9 Å². The highest BCUT2D eigenvalue weighted by Crippen LogP contribution is 2.37. The number of fused-ring (bicyclic) bond motifs is 1. The second kappa shape index (κ2) is 6.75. The fraction of sp³-hybridized carbons (Fsp3) is 0.118. The number of esters is 1. The van der Waals surface area contributed by atoms with E-state index in [-0.39, 0.29) is 6.79 Å². The van der Waals surface area contributed by atoms with Gasteiger partial charge in [0.05, 0.1) is 7.11 Å². The molecule has 3 rings (SSSR count). The number of hydrogen-bond donors (Lipinski definition) is 0. The Morgan fingerprint density at radius 3 is 2.48 bits per heavy atom. The number of carbonyl (C=O) groups excluding carboxylic acids is 1. The first kappa shape index (κ1) is 15.4. The molecule has 0 saturated carbocycles. The highest BCUT2D eigenvalue weighted by atomic mass is 79.9. The van der Waals surface area contributed by atoms with E-state index in [1.54, 1.807) is 49.6 Å². The van der Waals surface area contributed by atoms with Gasteiger partial charge in [0, 0.05) is 10.5 Å². The zero-order chi connectivity index (χ0) is 16.2. The van der Waals surface area contributed by atoms with Crippen molar-refractivity contribution in [3.8, 4) is 23.0 Å². The molecule has 0 bridgehead atoms. The van der Waals surface area contributed by atoms with Crippen LogP contribution in [0.25, 0.3) is 6.08 Å². The van der Waals surface area contributed by atoms with Gasteiger partial charge in [-0.1, -0.05) is 15.9 Å². The molecule has 0 atom stereocenters. The first-order valence-corrected chi connectivity index (χ1v) is 7.58. The van der Waals surface area contributed by atoms with Crippen LogP contribution in [0.2, 0.25) is 0 Å². The van der Waals surface area contributed by atoms with Crippen molar-refractivity contribution in [3.63, 3.8) is 0 Å². The lowest BCUT2D eigenvalue weighted by atomic mass is 10.2. The number of hydrogen-bond acceptors (Lipinski definition) is 5. The van der Waals surface area contributed by atoms with Gasteiger partial charge in [-0.3, -0.25) is 0 Å². The Labute approximate surface area is 141 Å². The third-order valence-electron chi connectivity index (χ3n) is 3.17. The molecule has 0 unspecified atom stereocenters. The minimum absolute atomic E-state index is 0.203. The number of carbonyl (C=O) groups is 1. The normalized spacial score (nSPS) is 12.4. The van der Waals surface area contributed by atoms with Gasteiger partial charge in [-0.15, -0.1) is 0 Å². The van der Waals surface area contributed by atoms with Crippen LogP contribution in [0.1, 0.15) is 5.56 Å². The highest BCUT2D eigenvalue weighted by Gasteiger charge is 2.15. The Hall–Kier alpha value is -2.47. The summed E-state index contributed by atoms with van der Waals surface area (Å²) >= 11 is 3.43. The van der Waals surface area contributed by atoms with Gasteiger partial charge in [-0.2, -0.15) is 0 Å². The van der Waals surface area contributed by atoms with E-state index in [1.165, 1.54) is 6.08 Å². The highest BCUT2D eigenvalue weighted by molar-refractivity contribution is 9.10. The summed E-state index contributed by atoms with van der Waals surface area (Å²) in [5.74, 6) is 2.00. The van der Waals surface area contributed by atoms with Crippen molar-refractivity contribution in [1.82, 2.24) is 0 Å². The molecule has 0 fully saturated rings. The fourth-order valence-electron chi connectivity index (χ4n) is 2.01. The van der Waals surface area contributed by atoms with E-state index in [0.717, 1.165) is 10.0 Å². The van der Waals surface area contributed by atoms with Crippen molar-refractivity contribution in [2.24, 2.45) is 0 Å². The minimum atomic E-state index is -0.472. The van der Waals surface area contributed by atoms with Crippen molar-refractivity contribution < 1.29 is 23.7 Å². The smallest absolute Gasteiger partial charge is 0.336 e. The van der Waals surface area contributed by atoms with Crippen molar-refractivity contribution in [3.05, 3.63) is 52.5 Å². The first-order chi connectivity index (χ1) is 11.2. The Morgan fingerprint density at radius 2 is 1.78 bits per heavy atom.